The van der Waals surface area contributed by atoms with Crippen LogP contribution in [0, 0.1) is 5.92 Å². The normalized spacial score (nSPS) is 12.4. The molecule has 0 aliphatic carbocycles. The van der Waals surface area contributed by atoms with E-state index in [-0.39, 0.29) is 23.8 Å². The van der Waals surface area contributed by atoms with Gasteiger partial charge in [0.15, 0.2) is 0 Å². The Balaban J connectivity index is 4.28. The van der Waals surface area contributed by atoms with Gasteiger partial charge < -0.3 is 15.1 Å². The van der Waals surface area contributed by atoms with Gasteiger partial charge in [0.1, 0.15) is 6.04 Å². The number of nitrogens with zero attached hydrogens (tertiary/aromatic N) is 2. The van der Waals surface area contributed by atoms with Crippen LogP contribution in [0.5, 0.6) is 0 Å². The third kappa shape index (κ3) is 33.0. The number of allylic oxidation sites excluding steroid dienone is 2. The Morgan fingerprint density at radius 3 is 1.31 bits per heavy atom. The van der Waals surface area contributed by atoms with Gasteiger partial charge in [0.25, 0.3) is 0 Å². The fourth-order valence-corrected chi connectivity index (χ4v) is 7.26. The third-order valence-electron chi connectivity index (χ3n) is 10.5. The predicted molar refractivity (Wildman–Crippen MR) is 226 cm³/mol. The van der Waals surface area contributed by atoms with Crippen molar-refractivity contribution in [3.63, 3.8) is 0 Å². The molecule has 1 atom stereocenters. The van der Waals surface area contributed by atoms with Crippen LogP contribution < -0.4 is 5.32 Å². The molecule has 0 aliphatic heterocycles. The Hall–Kier alpha value is -1.36. The molecule has 0 heterocycles. The zero-order valence-electron chi connectivity index (χ0n) is 35.6. The molecule has 0 saturated heterocycles. The van der Waals surface area contributed by atoms with Gasteiger partial charge in [-0.15, -0.1) is 0 Å². The SMILES string of the molecule is CCCCCCCC/C=C\CCCCCCCC(=O)N(CCCN(C)C)C(C(=O)NCCCCCCCCCCCCCCCCCC)C(C)C. The molecule has 1 N–H and O–H groups in total. The van der Waals surface area contributed by atoms with Crippen molar-refractivity contribution in [3.05, 3.63) is 12.2 Å². The average Bonchev–Trinajstić information content (AvgIpc) is 3.10. The van der Waals surface area contributed by atoms with Crippen LogP contribution in [-0.2, 0) is 9.59 Å². The topological polar surface area (TPSA) is 52.7 Å². The fraction of sp³-hybridized carbons (Fsp3) is 0.913. The van der Waals surface area contributed by atoms with E-state index in [9.17, 15) is 9.59 Å². The molecule has 0 aromatic heterocycles. The molecule has 5 nitrogen and oxygen atoms in total. The largest absolute Gasteiger partial charge is 0.354 e. The van der Waals surface area contributed by atoms with E-state index in [1.165, 1.54) is 167 Å². The van der Waals surface area contributed by atoms with Gasteiger partial charge in [0, 0.05) is 19.5 Å². The summed E-state index contributed by atoms with van der Waals surface area (Å²) in [6.45, 7) is 11.0. The monoisotopic (exact) mass is 718 g/mol. The van der Waals surface area contributed by atoms with Crippen LogP contribution in [0.2, 0.25) is 0 Å². The summed E-state index contributed by atoms with van der Waals surface area (Å²) in [5.74, 6) is 0.282. The molecule has 302 valence electrons. The van der Waals surface area contributed by atoms with E-state index < -0.39 is 0 Å². The van der Waals surface area contributed by atoms with Crippen LogP contribution in [0.3, 0.4) is 0 Å². The average molecular weight is 718 g/mol. The highest BCUT2D eigenvalue weighted by molar-refractivity contribution is 5.87. The van der Waals surface area contributed by atoms with E-state index in [0.29, 0.717) is 19.5 Å². The molecule has 0 fully saturated rings. The molecule has 0 aromatic carbocycles. The molecular weight excluding hydrogens is 627 g/mol. The summed E-state index contributed by atoms with van der Waals surface area (Å²) in [5, 5.41) is 3.22. The van der Waals surface area contributed by atoms with Crippen molar-refractivity contribution in [2.45, 2.75) is 233 Å². The van der Waals surface area contributed by atoms with Gasteiger partial charge in [-0.1, -0.05) is 188 Å². The van der Waals surface area contributed by atoms with Gasteiger partial charge in [0.2, 0.25) is 11.8 Å². The van der Waals surface area contributed by atoms with E-state index in [2.05, 4.69) is 64.2 Å². The molecule has 1 unspecified atom stereocenters. The first-order chi connectivity index (χ1) is 24.8. The quantitative estimate of drug-likeness (QED) is 0.0509. The molecule has 0 aromatic rings. The molecule has 0 aliphatic rings. The van der Waals surface area contributed by atoms with Crippen LogP contribution in [0.4, 0.5) is 0 Å². The van der Waals surface area contributed by atoms with Crippen molar-refractivity contribution in [1.82, 2.24) is 15.1 Å². The van der Waals surface area contributed by atoms with E-state index in [4.69, 9.17) is 0 Å². The first-order valence-corrected chi connectivity index (χ1v) is 22.7. The smallest absolute Gasteiger partial charge is 0.243 e. The van der Waals surface area contributed by atoms with Crippen LogP contribution in [0.25, 0.3) is 0 Å². The second kappa shape index (κ2) is 38.4. The summed E-state index contributed by atoms with van der Waals surface area (Å²) < 4.78 is 0. The van der Waals surface area contributed by atoms with E-state index in [1.807, 2.05) is 4.90 Å². The zero-order chi connectivity index (χ0) is 37.6. The molecule has 51 heavy (non-hydrogen) atoms. The summed E-state index contributed by atoms with van der Waals surface area (Å²) in [6, 6.07) is -0.385. The highest BCUT2D eigenvalue weighted by Crippen LogP contribution is 2.18. The molecule has 0 radical (unpaired) electrons. The number of hydrogen-bond acceptors (Lipinski definition) is 3. The maximum atomic E-state index is 13.6. The van der Waals surface area contributed by atoms with Gasteiger partial charge in [-0.05, 0) is 71.5 Å². The Morgan fingerprint density at radius 1 is 0.510 bits per heavy atom. The Kier molecular flexibility index (Phi) is 37.3. The van der Waals surface area contributed by atoms with Crippen LogP contribution >= 0.6 is 0 Å². The van der Waals surface area contributed by atoms with Crippen LogP contribution in [0.15, 0.2) is 12.2 Å². The molecule has 0 spiro atoms. The Labute approximate surface area is 320 Å². The summed E-state index contributed by atoms with van der Waals surface area (Å²) in [5.41, 5.74) is 0. The van der Waals surface area contributed by atoms with E-state index in [1.54, 1.807) is 0 Å². The highest BCUT2D eigenvalue weighted by Gasteiger charge is 2.31. The molecule has 5 heteroatoms. The summed E-state index contributed by atoms with van der Waals surface area (Å²) in [4.78, 5) is 31.1. The summed E-state index contributed by atoms with van der Waals surface area (Å²) in [7, 11) is 4.14. The predicted octanol–water partition coefficient (Wildman–Crippen LogP) is 13.2. The minimum Gasteiger partial charge on any atom is -0.354 e. The molecule has 2 amide bonds. The van der Waals surface area contributed by atoms with Crippen LogP contribution in [0.1, 0.15) is 227 Å². The lowest BCUT2D eigenvalue weighted by atomic mass is 9.99. The first kappa shape index (κ1) is 49.6. The lowest BCUT2D eigenvalue weighted by molar-refractivity contribution is -0.142. The number of unbranched alkanes of at least 4 members (excludes halogenated alkanes) is 26. The van der Waals surface area contributed by atoms with E-state index >= 15 is 0 Å². The lowest BCUT2D eigenvalue weighted by Gasteiger charge is -2.34. The van der Waals surface area contributed by atoms with Crippen molar-refractivity contribution in [2.75, 3.05) is 33.7 Å². The van der Waals surface area contributed by atoms with Gasteiger partial charge in [0.05, 0.1) is 0 Å². The van der Waals surface area contributed by atoms with Gasteiger partial charge in [-0.2, -0.15) is 0 Å². The minimum atomic E-state index is -0.385. The zero-order valence-corrected chi connectivity index (χ0v) is 35.6. The van der Waals surface area contributed by atoms with E-state index in [0.717, 1.165) is 32.2 Å². The number of amides is 2. The van der Waals surface area contributed by atoms with Crippen molar-refractivity contribution < 1.29 is 9.59 Å². The second-order valence-electron chi connectivity index (χ2n) is 16.4. The van der Waals surface area contributed by atoms with Gasteiger partial charge in [-0.25, -0.2) is 0 Å². The minimum absolute atomic E-state index is 0.0358. The van der Waals surface area contributed by atoms with Crippen molar-refractivity contribution >= 4 is 11.8 Å². The second-order valence-corrected chi connectivity index (χ2v) is 16.4. The van der Waals surface area contributed by atoms with Crippen LogP contribution in [-0.4, -0.2) is 61.4 Å². The van der Waals surface area contributed by atoms with Crippen molar-refractivity contribution in [3.8, 4) is 0 Å². The Morgan fingerprint density at radius 2 is 0.902 bits per heavy atom. The standard InChI is InChI=1S/C46H91N3O2/c1-7-9-11-13-15-17-19-21-23-25-27-29-31-33-35-37-40-47-46(51)45(43(3)4)49(42-38-41-48(5)6)44(50)39-36-34-32-30-28-26-24-22-20-18-16-14-12-10-8-2/h22,24,43,45H,7-21,23,25-42H2,1-6H3,(H,47,51)/b24-22-. The fourth-order valence-electron chi connectivity index (χ4n) is 7.26. The molecule has 0 rings (SSSR count). The number of hydrogen-bond donors (Lipinski definition) is 1. The number of rotatable bonds is 39. The van der Waals surface area contributed by atoms with Gasteiger partial charge >= 0.3 is 0 Å². The molecule has 0 saturated carbocycles. The number of carbonyl (C=O) groups is 2. The van der Waals surface area contributed by atoms with Gasteiger partial charge in [-0.3, -0.25) is 9.59 Å². The maximum Gasteiger partial charge on any atom is 0.243 e. The Bertz CT molecular complexity index is 780. The number of carbonyl (C=O) groups excluding carboxylic acids is 2. The molecular formula is C46H91N3O2. The summed E-state index contributed by atoms with van der Waals surface area (Å²) in [6.07, 6.45) is 44.1. The summed E-state index contributed by atoms with van der Waals surface area (Å²) >= 11 is 0. The first-order valence-electron chi connectivity index (χ1n) is 22.7. The molecule has 0 bridgehead atoms. The third-order valence-corrected chi connectivity index (χ3v) is 10.5. The maximum absolute atomic E-state index is 13.6. The number of nitrogens with one attached hydrogen (secondary N) is 1. The highest BCUT2D eigenvalue weighted by atomic mass is 16.2. The lowest BCUT2D eigenvalue weighted by Crippen LogP contribution is -2.53. The van der Waals surface area contributed by atoms with Crippen molar-refractivity contribution in [2.24, 2.45) is 5.92 Å². The van der Waals surface area contributed by atoms with Crippen molar-refractivity contribution in [1.29, 1.82) is 0 Å².